The van der Waals surface area contributed by atoms with E-state index in [1.54, 1.807) is 0 Å². The summed E-state index contributed by atoms with van der Waals surface area (Å²) in [6.07, 6.45) is 0.885. The highest BCUT2D eigenvalue weighted by atomic mass is 19.1. The lowest BCUT2D eigenvalue weighted by atomic mass is 9.75. The maximum atomic E-state index is 14.7. The molecule has 1 aliphatic carbocycles. The average Bonchev–Trinajstić information content (AvgIpc) is 2.98. The third-order valence-corrected chi connectivity index (χ3v) is 5.41. The Kier molecular flexibility index (Phi) is 4.88. The van der Waals surface area contributed by atoms with Gasteiger partial charge in [0.05, 0.1) is 5.69 Å². The van der Waals surface area contributed by atoms with Gasteiger partial charge in [-0.2, -0.15) is 5.10 Å². The maximum Gasteiger partial charge on any atom is 0.261 e. The van der Waals surface area contributed by atoms with Crippen LogP contribution in [0, 0.1) is 25.1 Å². The maximum absolute atomic E-state index is 14.7. The van der Waals surface area contributed by atoms with Crippen LogP contribution < -0.4 is 10.9 Å². The molecule has 0 aliphatic heterocycles. The van der Waals surface area contributed by atoms with Crippen LogP contribution >= 0.6 is 0 Å². The first-order valence-electron chi connectivity index (χ1n) is 9.98. The Morgan fingerprint density at radius 2 is 1.90 bits per heavy atom. The minimum absolute atomic E-state index is 0.114. The SMILES string of the molecule is Cc1cc(C)n(-c2ccc(NC(=O)c3cc4c([nH]c3=O)CC(C)(C)CC4=O)cc2F)n1. The molecule has 4 rings (SSSR count). The number of amides is 1. The summed E-state index contributed by atoms with van der Waals surface area (Å²) in [5.41, 5.74) is 1.87. The first-order chi connectivity index (χ1) is 14.5. The van der Waals surface area contributed by atoms with Gasteiger partial charge in [-0.05, 0) is 56.0 Å². The second kappa shape index (κ2) is 7.30. The van der Waals surface area contributed by atoms with E-state index in [2.05, 4.69) is 15.4 Å². The van der Waals surface area contributed by atoms with E-state index in [1.807, 2.05) is 33.8 Å². The number of aromatic amines is 1. The van der Waals surface area contributed by atoms with E-state index in [0.29, 0.717) is 24.1 Å². The molecule has 31 heavy (non-hydrogen) atoms. The quantitative estimate of drug-likeness (QED) is 0.672. The number of hydrogen-bond acceptors (Lipinski definition) is 4. The Bertz CT molecular complexity index is 1290. The van der Waals surface area contributed by atoms with Crippen LogP contribution in [0.2, 0.25) is 0 Å². The standard InChI is InChI=1S/C23H23FN4O3/c1-12-7-13(2)28(27-12)19-6-5-14(8-17(19)24)25-21(30)16-9-15-18(26-22(16)31)10-23(3,4)11-20(15)29/h5-9H,10-11H2,1-4H3,(H,25,30)(H,26,31). The number of ketones is 1. The molecule has 0 fully saturated rings. The molecular formula is C23H23FN4O3. The van der Waals surface area contributed by atoms with Crippen molar-refractivity contribution in [2.45, 2.75) is 40.5 Å². The van der Waals surface area contributed by atoms with E-state index in [-0.39, 0.29) is 28.1 Å². The van der Waals surface area contributed by atoms with Gasteiger partial charge in [0.1, 0.15) is 11.3 Å². The summed E-state index contributed by atoms with van der Waals surface area (Å²) < 4.78 is 16.2. The minimum Gasteiger partial charge on any atom is -0.325 e. The van der Waals surface area contributed by atoms with Crippen molar-refractivity contribution in [1.82, 2.24) is 14.8 Å². The molecule has 0 unspecified atom stereocenters. The molecule has 0 saturated carbocycles. The zero-order valence-corrected chi connectivity index (χ0v) is 17.8. The normalized spacial score (nSPS) is 14.9. The fourth-order valence-electron chi connectivity index (χ4n) is 4.02. The predicted octanol–water partition coefficient (Wildman–Crippen LogP) is 3.72. The lowest BCUT2D eigenvalue weighted by molar-refractivity contribution is 0.0910. The van der Waals surface area contributed by atoms with Crippen LogP contribution in [-0.2, 0) is 6.42 Å². The van der Waals surface area contributed by atoms with Crippen LogP contribution in [0.4, 0.5) is 10.1 Å². The molecular weight excluding hydrogens is 399 g/mol. The number of hydrogen-bond donors (Lipinski definition) is 2. The van der Waals surface area contributed by atoms with Crippen molar-refractivity contribution >= 4 is 17.4 Å². The second-order valence-corrected chi connectivity index (χ2v) is 8.80. The van der Waals surface area contributed by atoms with E-state index in [1.165, 1.54) is 28.9 Å². The summed E-state index contributed by atoms with van der Waals surface area (Å²) in [6, 6.07) is 7.38. The number of nitrogens with zero attached hydrogens (tertiary/aromatic N) is 2. The molecule has 1 amide bonds. The van der Waals surface area contributed by atoms with Gasteiger partial charge in [-0.3, -0.25) is 14.4 Å². The van der Waals surface area contributed by atoms with Gasteiger partial charge in [0.25, 0.3) is 11.5 Å². The number of nitrogens with one attached hydrogen (secondary N) is 2. The smallest absolute Gasteiger partial charge is 0.261 e. The van der Waals surface area contributed by atoms with Gasteiger partial charge < -0.3 is 10.3 Å². The van der Waals surface area contributed by atoms with Gasteiger partial charge in [0.15, 0.2) is 11.6 Å². The first kappa shape index (κ1) is 20.7. The summed E-state index contributed by atoms with van der Waals surface area (Å²) in [5, 5.41) is 6.80. The fraction of sp³-hybridized carbons (Fsp3) is 0.304. The van der Waals surface area contributed by atoms with Gasteiger partial charge in [0.2, 0.25) is 0 Å². The third kappa shape index (κ3) is 3.93. The van der Waals surface area contributed by atoms with Crippen LogP contribution in [0.1, 0.15) is 58.1 Å². The highest BCUT2D eigenvalue weighted by Crippen LogP contribution is 2.33. The lowest BCUT2D eigenvalue weighted by Crippen LogP contribution is -2.32. The summed E-state index contributed by atoms with van der Waals surface area (Å²) in [7, 11) is 0. The van der Waals surface area contributed by atoms with Crippen LogP contribution in [0.3, 0.4) is 0 Å². The van der Waals surface area contributed by atoms with E-state index in [0.717, 1.165) is 11.4 Å². The Morgan fingerprint density at radius 3 is 2.55 bits per heavy atom. The number of halogens is 1. The highest BCUT2D eigenvalue weighted by Gasteiger charge is 2.32. The molecule has 0 saturated heterocycles. The molecule has 0 bridgehead atoms. The molecule has 1 aromatic carbocycles. The van der Waals surface area contributed by atoms with Gasteiger partial charge in [-0.15, -0.1) is 0 Å². The van der Waals surface area contributed by atoms with Gasteiger partial charge in [-0.1, -0.05) is 13.8 Å². The van der Waals surface area contributed by atoms with Gasteiger partial charge in [-0.25, -0.2) is 9.07 Å². The summed E-state index contributed by atoms with van der Waals surface area (Å²) >= 11 is 0. The van der Waals surface area contributed by atoms with Crippen LogP contribution in [-0.4, -0.2) is 26.5 Å². The summed E-state index contributed by atoms with van der Waals surface area (Å²) in [5.74, 6) is -1.39. The molecule has 3 aromatic rings. The van der Waals surface area contributed by atoms with Crippen LogP contribution in [0.25, 0.3) is 5.69 Å². The number of Topliss-reactive ketones (excluding diaryl/α,β-unsaturated/α-hetero) is 1. The zero-order chi connectivity index (χ0) is 22.5. The predicted molar refractivity (Wildman–Crippen MR) is 114 cm³/mol. The number of fused-ring (bicyclic) bond motifs is 1. The molecule has 0 spiro atoms. The van der Waals surface area contributed by atoms with E-state index < -0.39 is 17.3 Å². The second-order valence-electron chi connectivity index (χ2n) is 8.80. The number of anilines is 1. The van der Waals surface area contributed by atoms with E-state index >= 15 is 0 Å². The van der Waals surface area contributed by atoms with Gasteiger partial charge in [0, 0.05) is 29.1 Å². The van der Waals surface area contributed by atoms with Crippen molar-refractivity contribution in [2.75, 3.05) is 5.32 Å². The van der Waals surface area contributed by atoms with Crippen LogP contribution in [0.15, 0.2) is 35.1 Å². The van der Waals surface area contributed by atoms with E-state index in [4.69, 9.17) is 0 Å². The number of H-pyrrole nitrogens is 1. The van der Waals surface area contributed by atoms with Crippen LogP contribution in [0.5, 0.6) is 0 Å². The third-order valence-electron chi connectivity index (χ3n) is 5.41. The molecule has 2 N–H and O–H groups in total. The molecule has 7 nitrogen and oxygen atoms in total. The average molecular weight is 422 g/mol. The Morgan fingerprint density at radius 1 is 1.16 bits per heavy atom. The van der Waals surface area contributed by atoms with Gasteiger partial charge >= 0.3 is 0 Å². The number of rotatable bonds is 3. The molecule has 160 valence electrons. The molecule has 0 radical (unpaired) electrons. The summed E-state index contributed by atoms with van der Waals surface area (Å²) in [4.78, 5) is 40.3. The molecule has 0 atom stereocenters. The van der Waals surface area contributed by atoms with Crippen molar-refractivity contribution in [2.24, 2.45) is 5.41 Å². The monoisotopic (exact) mass is 422 g/mol. The molecule has 2 aromatic heterocycles. The molecule has 2 heterocycles. The fourth-order valence-corrected chi connectivity index (χ4v) is 4.02. The topological polar surface area (TPSA) is 96.9 Å². The number of aromatic nitrogens is 3. The Hall–Kier alpha value is -3.55. The number of benzene rings is 1. The molecule has 1 aliphatic rings. The Balaban J connectivity index is 1.61. The number of carbonyl (C=O) groups excluding carboxylic acids is 2. The van der Waals surface area contributed by atoms with E-state index in [9.17, 15) is 18.8 Å². The van der Waals surface area contributed by atoms with Crippen molar-refractivity contribution in [3.05, 3.63) is 74.7 Å². The largest absolute Gasteiger partial charge is 0.325 e. The zero-order valence-electron chi connectivity index (χ0n) is 17.8. The minimum atomic E-state index is -0.708. The number of aryl methyl sites for hydroxylation is 2. The van der Waals surface area contributed by atoms with Crippen molar-refractivity contribution in [3.8, 4) is 5.69 Å². The number of carbonyl (C=O) groups is 2. The lowest BCUT2D eigenvalue weighted by Gasteiger charge is -2.29. The number of pyridine rings is 1. The van der Waals surface area contributed by atoms with Crippen molar-refractivity contribution in [3.63, 3.8) is 0 Å². The first-order valence-corrected chi connectivity index (χ1v) is 9.98. The Labute approximate surface area is 178 Å². The molecule has 8 heteroatoms. The van der Waals surface area contributed by atoms with Crippen molar-refractivity contribution in [1.29, 1.82) is 0 Å². The highest BCUT2D eigenvalue weighted by molar-refractivity contribution is 6.06. The van der Waals surface area contributed by atoms with Crippen molar-refractivity contribution < 1.29 is 14.0 Å². The summed E-state index contributed by atoms with van der Waals surface area (Å²) in [6.45, 7) is 7.55.